The lowest BCUT2D eigenvalue weighted by Crippen LogP contribution is -2.43. The highest BCUT2D eigenvalue weighted by atomic mass is 16.4. The molecule has 0 radical (unpaired) electrons. The van der Waals surface area contributed by atoms with Gasteiger partial charge in [-0.2, -0.15) is 0 Å². The lowest BCUT2D eigenvalue weighted by Gasteiger charge is -2.35. The van der Waals surface area contributed by atoms with Crippen LogP contribution in [-0.4, -0.2) is 34.6 Å². The summed E-state index contributed by atoms with van der Waals surface area (Å²) in [6, 6.07) is 0.559. The molecule has 84 valence electrons. The quantitative estimate of drug-likeness (QED) is 0.716. The van der Waals surface area contributed by atoms with E-state index >= 15 is 0 Å². The zero-order valence-corrected chi connectivity index (χ0v) is 9.95. The highest BCUT2D eigenvalue weighted by Crippen LogP contribution is 2.15. The Hall–Kier alpha value is -0.570. The third-order valence-electron chi connectivity index (χ3n) is 2.89. The Morgan fingerprint density at radius 3 is 2.07 bits per heavy atom. The van der Waals surface area contributed by atoms with Crippen LogP contribution in [0.25, 0.3) is 0 Å². The molecule has 0 aliphatic carbocycles. The maximum Gasteiger partial charge on any atom is 0.304 e. The van der Waals surface area contributed by atoms with Crippen LogP contribution in [0.3, 0.4) is 0 Å². The van der Waals surface area contributed by atoms with E-state index in [2.05, 4.69) is 32.6 Å². The van der Waals surface area contributed by atoms with Crippen LogP contribution in [-0.2, 0) is 4.79 Å². The van der Waals surface area contributed by atoms with Crippen LogP contribution in [0.5, 0.6) is 0 Å². The first-order valence-electron chi connectivity index (χ1n) is 5.37. The van der Waals surface area contributed by atoms with Gasteiger partial charge in [0.25, 0.3) is 0 Å². The van der Waals surface area contributed by atoms with Crippen molar-refractivity contribution < 1.29 is 9.90 Å². The topological polar surface area (TPSA) is 40.5 Å². The van der Waals surface area contributed by atoms with Gasteiger partial charge in [-0.3, -0.25) is 9.69 Å². The maximum absolute atomic E-state index is 10.6. The van der Waals surface area contributed by atoms with Crippen LogP contribution in [0.4, 0.5) is 0 Å². The summed E-state index contributed by atoms with van der Waals surface area (Å²) in [6.07, 6.45) is 0.227. The predicted octanol–water partition coefficient (Wildman–Crippen LogP) is 2.22. The van der Waals surface area contributed by atoms with Gasteiger partial charge in [-0.25, -0.2) is 0 Å². The zero-order valence-electron chi connectivity index (χ0n) is 9.95. The summed E-state index contributed by atoms with van der Waals surface area (Å²) in [6.45, 7) is 11.5. The summed E-state index contributed by atoms with van der Waals surface area (Å²) >= 11 is 0. The summed E-state index contributed by atoms with van der Waals surface area (Å²) in [5.41, 5.74) is 0. The van der Waals surface area contributed by atoms with Crippen molar-refractivity contribution in [3.63, 3.8) is 0 Å². The van der Waals surface area contributed by atoms with Crippen LogP contribution < -0.4 is 0 Å². The van der Waals surface area contributed by atoms with Gasteiger partial charge in [0.15, 0.2) is 0 Å². The summed E-state index contributed by atoms with van der Waals surface area (Å²) in [7, 11) is 0. The molecule has 0 aliphatic rings. The van der Waals surface area contributed by atoms with Crippen molar-refractivity contribution in [1.82, 2.24) is 4.90 Å². The van der Waals surface area contributed by atoms with Crippen molar-refractivity contribution in [3.8, 4) is 0 Å². The van der Waals surface area contributed by atoms with Crippen molar-refractivity contribution in [2.75, 3.05) is 6.54 Å². The van der Waals surface area contributed by atoms with Gasteiger partial charge in [0.2, 0.25) is 0 Å². The molecule has 0 saturated heterocycles. The van der Waals surface area contributed by atoms with Crippen LogP contribution in [0.1, 0.15) is 41.0 Å². The molecule has 0 aliphatic heterocycles. The Kier molecular flexibility index (Phi) is 5.77. The molecule has 0 fully saturated rings. The molecular weight excluding hydrogens is 178 g/mol. The molecule has 3 nitrogen and oxygen atoms in total. The van der Waals surface area contributed by atoms with Gasteiger partial charge < -0.3 is 5.11 Å². The second kappa shape index (κ2) is 6.02. The number of aliphatic carboxylic acids is 1. The van der Waals surface area contributed by atoms with Crippen LogP contribution in [0.15, 0.2) is 0 Å². The van der Waals surface area contributed by atoms with E-state index in [4.69, 9.17) is 5.11 Å². The molecule has 2 atom stereocenters. The van der Waals surface area contributed by atoms with Gasteiger partial charge in [0.05, 0.1) is 6.42 Å². The summed E-state index contributed by atoms with van der Waals surface area (Å²) in [5.74, 6) is -0.155. The monoisotopic (exact) mass is 201 g/mol. The number of nitrogens with zero attached hydrogens (tertiary/aromatic N) is 1. The van der Waals surface area contributed by atoms with E-state index in [0.29, 0.717) is 12.0 Å². The van der Waals surface area contributed by atoms with E-state index in [1.807, 2.05) is 6.92 Å². The molecule has 0 heterocycles. The Morgan fingerprint density at radius 2 is 1.79 bits per heavy atom. The van der Waals surface area contributed by atoms with Crippen molar-refractivity contribution in [3.05, 3.63) is 0 Å². The van der Waals surface area contributed by atoms with Gasteiger partial charge in [-0.05, 0) is 26.3 Å². The van der Waals surface area contributed by atoms with E-state index in [9.17, 15) is 4.79 Å². The van der Waals surface area contributed by atoms with Crippen LogP contribution >= 0.6 is 0 Å². The Balaban J connectivity index is 4.31. The van der Waals surface area contributed by atoms with Crippen molar-refractivity contribution >= 4 is 5.97 Å². The fourth-order valence-electron chi connectivity index (χ4n) is 1.75. The van der Waals surface area contributed by atoms with Crippen LogP contribution in [0, 0.1) is 5.92 Å². The van der Waals surface area contributed by atoms with Gasteiger partial charge in [-0.15, -0.1) is 0 Å². The Bertz CT molecular complexity index is 180. The molecule has 0 aromatic rings. The minimum atomic E-state index is -0.716. The average Bonchev–Trinajstić information content (AvgIpc) is 2.03. The van der Waals surface area contributed by atoms with Crippen molar-refractivity contribution in [2.24, 2.45) is 5.92 Å². The Labute approximate surface area is 87.1 Å². The van der Waals surface area contributed by atoms with Gasteiger partial charge in [-0.1, -0.05) is 20.8 Å². The molecular formula is C11H23NO2. The van der Waals surface area contributed by atoms with E-state index < -0.39 is 5.97 Å². The number of hydrogen-bond acceptors (Lipinski definition) is 2. The lowest BCUT2D eigenvalue weighted by atomic mass is 10.0. The van der Waals surface area contributed by atoms with Gasteiger partial charge in [0.1, 0.15) is 0 Å². The highest BCUT2D eigenvalue weighted by molar-refractivity contribution is 5.67. The summed E-state index contributed by atoms with van der Waals surface area (Å²) in [5, 5.41) is 8.72. The highest BCUT2D eigenvalue weighted by Gasteiger charge is 2.22. The molecule has 0 aromatic heterocycles. The fourth-order valence-corrected chi connectivity index (χ4v) is 1.75. The second-order valence-corrected chi connectivity index (χ2v) is 4.26. The van der Waals surface area contributed by atoms with Crippen molar-refractivity contribution in [2.45, 2.75) is 53.1 Å². The summed E-state index contributed by atoms with van der Waals surface area (Å²) in [4.78, 5) is 12.8. The number of rotatable bonds is 6. The molecule has 0 aromatic carbocycles. The smallest absolute Gasteiger partial charge is 0.304 e. The molecule has 0 saturated carbocycles. The molecule has 0 bridgehead atoms. The molecule has 14 heavy (non-hydrogen) atoms. The number of hydrogen-bond donors (Lipinski definition) is 1. The normalized spacial score (nSPS) is 15.9. The largest absolute Gasteiger partial charge is 0.481 e. The predicted molar refractivity (Wildman–Crippen MR) is 58.4 cm³/mol. The molecule has 3 heteroatoms. The zero-order chi connectivity index (χ0) is 11.3. The second-order valence-electron chi connectivity index (χ2n) is 4.26. The molecule has 0 rings (SSSR count). The third kappa shape index (κ3) is 4.09. The van der Waals surface area contributed by atoms with Crippen molar-refractivity contribution in [1.29, 1.82) is 0 Å². The average molecular weight is 201 g/mol. The number of carboxylic acids is 1. The van der Waals surface area contributed by atoms with Gasteiger partial charge in [0, 0.05) is 12.1 Å². The summed E-state index contributed by atoms with van der Waals surface area (Å²) < 4.78 is 0. The molecule has 1 N–H and O–H groups in total. The minimum absolute atomic E-state index is 0.120. The molecule has 0 spiro atoms. The van der Waals surface area contributed by atoms with E-state index in [1.54, 1.807) is 0 Å². The van der Waals surface area contributed by atoms with E-state index in [1.165, 1.54) is 0 Å². The first kappa shape index (κ1) is 13.4. The molecule has 2 unspecified atom stereocenters. The Morgan fingerprint density at radius 1 is 1.29 bits per heavy atom. The minimum Gasteiger partial charge on any atom is -0.481 e. The van der Waals surface area contributed by atoms with Crippen LogP contribution in [0.2, 0.25) is 0 Å². The number of carboxylic acid groups (broad SMARTS) is 1. The third-order valence-corrected chi connectivity index (χ3v) is 2.89. The van der Waals surface area contributed by atoms with Gasteiger partial charge >= 0.3 is 5.97 Å². The SMILES string of the molecule is CCN(C(C)CC(=O)O)C(C)C(C)C. The fraction of sp³-hybridized carbons (Fsp3) is 0.909. The van der Waals surface area contributed by atoms with E-state index in [0.717, 1.165) is 6.54 Å². The number of carbonyl (C=O) groups is 1. The first-order chi connectivity index (χ1) is 6.40. The lowest BCUT2D eigenvalue weighted by molar-refractivity contribution is -0.138. The standard InChI is InChI=1S/C11H23NO2/c1-6-12(10(5)8(2)3)9(4)7-11(13)14/h8-10H,6-7H2,1-5H3,(H,13,14). The maximum atomic E-state index is 10.6. The first-order valence-corrected chi connectivity index (χ1v) is 5.37. The van der Waals surface area contributed by atoms with E-state index in [-0.39, 0.29) is 12.5 Å². The molecule has 0 amide bonds.